The Morgan fingerprint density at radius 1 is 1.50 bits per heavy atom. The molecule has 0 aliphatic rings. The Hall–Kier alpha value is -0.890. The summed E-state index contributed by atoms with van der Waals surface area (Å²) >= 11 is 1.83. The zero-order chi connectivity index (χ0) is 12.0. The predicted octanol–water partition coefficient (Wildman–Crippen LogP) is 1.93. The first-order valence-corrected chi connectivity index (χ1v) is 5.82. The van der Waals surface area contributed by atoms with Gasteiger partial charge >= 0.3 is 6.03 Å². The number of carbonyl (C=O) groups is 1. The molecule has 0 fully saturated rings. The SMILES string of the molecule is O=C(NCCCO)Nc1cccc(F)c1I. The maximum Gasteiger partial charge on any atom is 0.319 e. The number of rotatable bonds is 4. The van der Waals surface area contributed by atoms with Gasteiger partial charge in [0.05, 0.1) is 9.26 Å². The molecular weight excluding hydrogens is 326 g/mol. The molecule has 0 bridgehead atoms. The highest BCUT2D eigenvalue weighted by Gasteiger charge is 2.07. The molecule has 0 heterocycles. The van der Waals surface area contributed by atoms with E-state index in [1.807, 2.05) is 22.6 Å². The van der Waals surface area contributed by atoms with Crippen molar-refractivity contribution in [1.29, 1.82) is 0 Å². The molecule has 16 heavy (non-hydrogen) atoms. The van der Waals surface area contributed by atoms with Crippen molar-refractivity contribution in [3.63, 3.8) is 0 Å². The van der Waals surface area contributed by atoms with Crippen molar-refractivity contribution in [3.05, 3.63) is 27.6 Å². The van der Waals surface area contributed by atoms with Gasteiger partial charge in [0.15, 0.2) is 0 Å². The standard InChI is InChI=1S/C10H12FIN2O2/c11-7-3-1-4-8(9(7)12)14-10(16)13-5-2-6-15/h1,3-4,15H,2,5-6H2,(H2,13,14,16). The third-order valence-electron chi connectivity index (χ3n) is 1.82. The van der Waals surface area contributed by atoms with Crippen LogP contribution in [0.2, 0.25) is 0 Å². The van der Waals surface area contributed by atoms with E-state index in [9.17, 15) is 9.18 Å². The van der Waals surface area contributed by atoms with Crippen LogP contribution in [-0.2, 0) is 0 Å². The summed E-state index contributed by atoms with van der Waals surface area (Å²) < 4.78 is 13.5. The van der Waals surface area contributed by atoms with Crippen molar-refractivity contribution < 1.29 is 14.3 Å². The van der Waals surface area contributed by atoms with Crippen LogP contribution in [0.4, 0.5) is 14.9 Å². The van der Waals surface area contributed by atoms with Gasteiger partial charge in [-0.05, 0) is 41.1 Å². The van der Waals surface area contributed by atoms with Crippen LogP contribution in [0, 0.1) is 9.39 Å². The number of urea groups is 1. The van der Waals surface area contributed by atoms with Gasteiger partial charge in [-0.15, -0.1) is 0 Å². The van der Waals surface area contributed by atoms with E-state index in [1.54, 1.807) is 6.07 Å². The van der Waals surface area contributed by atoms with Crippen LogP contribution in [0.1, 0.15) is 6.42 Å². The van der Waals surface area contributed by atoms with Gasteiger partial charge in [0.25, 0.3) is 0 Å². The third kappa shape index (κ3) is 3.93. The second-order valence-corrected chi connectivity index (χ2v) is 4.14. The fourth-order valence-electron chi connectivity index (χ4n) is 1.05. The molecule has 0 radical (unpaired) electrons. The molecule has 0 saturated carbocycles. The number of aliphatic hydroxyl groups excluding tert-OH is 1. The largest absolute Gasteiger partial charge is 0.396 e. The summed E-state index contributed by atoms with van der Waals surface area (Å²) in [4.78, 5) is 11.3. The first-order valence-electron chi connectivity index (χ1n) is 4.75. The van der Waals surface area contributed by atoms with Gasteiger partial charge < -0.3 is 15.7 Å². The molecule has 1 rings (SSSR count). The number of hydrogen-bond donors (Lipinski definition) is 3. The molecule has 1 aromatic carbocycles. The number of nitrogens with one attached hydrogen (secondary N) is 2. The average molecular weight is 338 g/mol. The minimum atomic E-state index is -0.406. The minimum Gasteiger partial charge on any atom is -0.396 e. The smallest absolute Gasteiger partial charge is 0.319 e. The fourth-order valence-corrected chi connectivity index (χ4v) is 1.54. The highest BCUT2D eigenvalue weighted by atomic mass is 127. The van der Waals surface area contributed by atoms with Crippen LogP contribution in [0.15, 0.2) is 18.2 Å². The number of hydrogen-bond acceptors (Lipinski definition) is 2. The average Bonchev–Trinajstić information content (AvgIpc) is 2.25. The van der Waals surface area contributed by atoms with Gasteiger partial charge in [-0.2, -0.15) is 0 Å². The molecule has 0 aliphatic heterocycles. The quantitative estimate of drug-likeness (QED) is 0.580. The molecule has 3 N–H and O–H groups in total. The number of benzene rings is 1. The fraction of sp³-hybridized carbons (Fsp3) is 0.300. The van der Waals surface area contributed by atoms with Crippen molar-refractivity contribution in [1.82, 2.24) is 5.32 Å². The Kier molecular flexibility index (Phi) is 5.47. The highest BCUT2D eigenvalue weighted by molar-refractivity contribution is 14.1. The van der Waals surface area contributed by atoms with Crippen LogP contribution >= 0.6 is 22.6 Å². The van der Waals surface area contributed by atoms with E-state index in [0.29, 0.717) is 22.2 Å². The summed E-state index contributed by atoms with van der Waals surface area (Å²) in [6.45, 7) is 0.409. The number of aliphatic hydroxyl groups is 1. The molecule has 0 aliphatic carbocycles. The molecule has 1 aromatic rings. The summed E-state index contributed by atoms with van der Waals surface area (Å²) in [6, 6.07) is 4.07. The second kappa shape index (κ2) is 6.64. The molecular formula is C10H12FIN2O2. The lowest BCUT2D eigenvalue weighted by Gasteiger charge is -2.08. The first kappa shape index (κ1) is 13.2. The summed E-state index contributed by atoms with van der Waals surface area (Å²) in [5.41, 5.74) is 0.432. The summed E-state index contributed by atoms with van der Waals surface area (Å²) in [5.74, 6) is -0.367. The monoisotopic (exact) mass is 338 g/mol. The second-order valence-electron chi connectivity index (χ2n) is 3.06. The zero-order valence-corrected chi connectivity index (χ0v) is 10.6. The van der Waals surface area contributed by atoms with Crippen molar-refractivity contribution >= 4 is 34.3 Å². The lowest BCUT2D eigenvalue weighted by molar-refractivity contribution is 0.249. The minimum absolute atomic E-state index is 0.0256. The Morgan fingerprint density at radius 3 is 2.94 bits per heavy atom. The van der Waals surface area contributed by atoms with Crippen LogP contribution in [0.25, 0.3) is 0 Å². The van der Waals surface area contributed by atoms with E-state index in [0.717, 1.165) is 0 Å². The van der Waals surface area contributed by atoms with Gasteiger partial charge in [0.2, 0.25) is 0 Å². The Labute approximate surface area is 106 Å². The molecule has 0 spiro atoms. The molecule has 0 aromatic heterocycles. The summed E-state index contributed by atoms with van der Waals surface area (Å²) in [6.07, 6.45) is 0.494. The van der Waals surface area contributed by atoms with E-state index in [-0.39, 0.29) is 12.4 Å². The van der Waals surface area contributed by atoms with Crippen molar-refractivity contribution in [3.8, 4) is 0 Å². The third-order valence-corrected chi connectivity index (χ3v) is 2.92. The molecule has 0 saturated heterocycles. The molecule has 0 unspecified atom stereocenters. The first-order chi connectivity index (χ1) is 7.65. The number of halogens is 2. The summed E-state index contributed by atoms with van der Waals surface area (Å²) in [7, 11) is 0. The van der Waals surface area contributed by atoms with Crippen molar-refractivity contribution in [2.75, 3.05) is 18.5 Å². The number of amides is 2. The zero-order valence-electron chi connectivity index (χ0n) is 8.46. The van der Waals surface area contributed by atoms with Gasteiger partial charge in [-0.1, -0.05) is 6.07 Å². The molecule has 88 valence electrons. The maximum absolute atomic E-state index is 13.1. The van der Waals surface area contributed by atoms with Gasteiger partial charge in [-0.25, -0.2) is 9.18 Å². The highest BCUT2D eigenvalue weighted by Crippen LogP contribution is 2.20. The van der Waals surface area contributed by atoms with E-state index >= 15 is 0 Å². The molecule has 2 amide bonds. The maximum atomic E-state index is 13.1. The summed E-state index contributed by atoms with van der Waals surface area (Å²) in [5, 5.41) is 13.6. The van der Waals surface area contributed by atoms with E-state index in [1.165, 1.54) is 12.1 Å². The van der Waals surface area contributed by atoms with Gasteiger partial charge in [0.1, 0.15) is 5.82 Å². The van der Waals surface area contributed by atoms with E-state index < -0.39 is 6.03 Å². The van der Waals surface area contributed by atoms with Gasteiger partial charge in [-0.3, -0.25) is 0 Å². The van der Waals surface area contributed by atoms with Crippen molar-refractivity contribution in [2.45, 2.75) is 6.42 Å². The normalized spacial score (nSPS) is 9.94. The van der Waals surface area contributed by atoms with E-state index in [4.69, 9.17) is 5.11 Å². The van der Waals surface area contributed by atoms with Crippen molar-refractivity contribution in [2.24, 2.45) is 0 Å². The number of anilines is 1. The number of carbonyl (C=O) groups excluding carboxylic acids is 1. The van der Waals surface area contributed by atoms with Crippen LogP contribution in [0.5, 0.6) is 0 Å². The Bertz CT molecular complexity index is 374. The molecule has 6 heteroatoms. The molecule has 0 atom stereocenters. The lowest BCUT2D eigenvalue weighted by Crippen LogP contribution is -2.30. The molecule has 4 nitrogen and oxygen atoms in total. The van der Waals surface area contributed by atoms with Crippen LogP contribution in [-0.4, -0.2) is 24.3 Å². The lowest BCUT2D eigenvalue weighted by atomic mass is 10.3. The van der Waals surface area contributed by atoms with Crippen LogP contribution in [0.3, 0.4) is 0 Å². The van der Waals surface area contributed by atoms with Crippen LogP contribution < -0.4 is 10.6 Å². The van der Waals surface area contributed by atoms with E-state index in [2.05, 4.69) is 10.6 Å². The Morgan fingerprint density at radius 2 is 2.25 bits per heavy atom. The predicted molar refractivity (Wildman–Crippen MR) is 67.8 cm³/mol. The Balaban J connectivity index is 2.53. The topological polar surface area (TPSA) is 61.4 Å². The van der Waals surface area contributed by atoms with Gasteiger partial charge in [0, 0.05) is 13.2 Å².